The van der Waals surface area contributed by atoms with Gasteiger partial charge in [0.2, 0.25) is 0 Å². The third kappa shape index (κ3) is 5.16. The van der Waals surface area contributed by atoms with E-state index in [0.29, 0.717) is 34.6 Å². The second-order valence-electron chi connectivity index (χ2n) is 7.80. The summed E-state index contributed by atoms with van der Waals surface area (Å²) in [5.74, 6) is 0.607. The molecule has 0 aromatic rings. The Labute approximate surface area is 129 Å². The van der Waals surface area contributed by atoms with Crippen molar-refractivity contribution >= 4 is 8.32 Å². The third-order valence-electron chi connectivity index (χ3n) is 4.57. The van der Waals surface area contributed by atoms with E-state index in [1.807, 2.05) is 0 Å². The Balaban J connectivity index is 4.99. The molecule has 1 atom stereocenters. The van der Waals surface area contributed by atoms with Crippen LogP contribution in [0.1, 0.15) is 69.2 Å². The second kappa shape index (κ2) is 8.55. The van der Waals surface area contributed by atoms with Crippen molar-refractivity contribution in [2.24, 2.45) is 5.92 Å². The topological polar surface area (TPSA) is 21.3 Å². The fourth-order valence-corrected chi connectivity index (χ4v) is 9.06. The molecule has 3 heteroatoms. The van der Waals surface area contributed by atoms with E-state index < -0.39 is 8.32 Å². The van der Waals surface area contributed by atoms with E-state index in [1.165, 1.54) is 0 Å². The quantitative estimate of drug-likeness (QED) is 0.591. The number of rotatable bonds is 9. The van der Waals surface area contributed by atoms with Crippen LogP contribution < -0.4 is 5.32 Å². The minimum atomic E-state index is -1.73. The first-order valence-corrected chi connectivity index (χ1v) is 10.6. The van der Waals surface area contributed by atoms with E-state index in [2.05, 4.69) is 74.6 Å². The Morgan fingerprint density at radius 3 is 1.40 bits per heavy atom. The van der Waals surface area contributed by atoms with Gasteiger partial charge in [-0.3, -0.25) is 0 Å². The Kier molecular flexibility index (Phi) is 8.61. The van der Waals surface area contributed by atoms with E-state index in [1.54, 1.807) is 0 Å². The first kappa shape index (κ1) is 20.1. The van der Waals surface area contributed by atoms with Gasteiger partial charge in [0, 0.05) is 18.7 Å². The molecular weight excluding hydrogens is 262 g/mol. The zero-order valence-corrected chi connectivity index (χ0v) is 16.6. The summed E-state index contributed by atoms with van der Waals surface area (Å²) in [7, 11) is -1.73. The normalized spacial score (nSPS) is 15.2. The molecule has 0 aliphatic rings. The lowest BCUT2D eigenvalue weighted by Crippen LogP contribution is -2.52. The molecule has 0 aliphatic heterocycles. The monoisotopic (exact) mass is 301 g/mol. The van der Waals surface area contributed by atoms with E-state index in [0.717, 1.165) is 6.61 Å². The van der Waals surface area contributed by atoms with E-state index in [-0.39, 0.29) is 0 Å². The molecule has 0 saturated heterocycles. The molecule has 0 rings (SSSR count). The molecule has 1 N–H and O–H groups in total. The Morgan fingerprint density at radius 1 is 0.750 bits per heavy atom. The van der Waals surface area contributed by atoms with Crippen LogP contribution in [0.5, 0.6) is 0 Å². The van der Waals surface area contributed by atoms with Gasteiger partial charge in [0.05, 0.1) is 0 Å². The SMILES string of the molecule is CC(C)N[C@H](CO[Si](C(C)C)(C(C)C)C(C)C)C(C)C. The van der Waals surface area contributed by atoms with E-state index in [4.69, 9.17) is 4.43 Å². The van der Waals surface area contributed by atoms with Crippen LogP contribution in [0.15, 0.2) is 0 Å². The van der Waals surface area contributed by atoms with Gasteiger partial charge in [-0.2, -0.15) is 0 Å². The molecule has 122 valence electrons. The summed E-state index contributed by atoms with van der Waals surface area (Å²) < 4.78 is 6.71. The molecule has 0 radical (unpaired) electrons. The third-order valence-corrected chi connectivity index (χ3v) is 10.7. The van der Waals surface area contributed by atoms with Crippen LogP contribution in [0.2, 0.25) is 16.6 Å². The number of nitrogens with one attached hydrogen (secondary N) is 1. The average Bonchev–Trinajstić information content (AvgIpc) is 2.25. The molecule has 0 heterocycles. The molecule has 0 unspecified atom stereocenters. The van der Waals surface area contributed by atoms with Gasteiger partial charge in [-0.1, -0.05) is 69.2 Å². The molecule has 0 saturated carbocycles. The summed E-state index contributed by atoms with van der Waals surface area (Å²) in [6.07, 6.45) is 0. The largest absolute Gasteiger partial charge is 0.414 e. The molecule has 0 spiro atoms. The molecule has 0 aromatic heterocycles. The van der Waals surface area contributed by atoms with Crippen molar-refractivity contribution in [3.05, 3.63) is 0 Å². The van der Waals surface area contributed by atoms with Crippen LogP contribution in [0.4, 0.5) is 0 Å². The molecule has 0 fully saturated rings. The summed E-state index contributed by atoms with van der Waals surface area (Å²) in [4.78, 5) is 0. The minimum absolute atomic E-state index is 0.457. The highest BCUT2D eigenvalue weighted by Crippen LogP contribution is 2.42. The van der Waals surface area contributed by atoms with Crippen molar-refractivity contribution in [2.75, 3.05) is 6.61 Å². The summed E-state index contributed by atoms with van der Waals surface area (Å²) in [5.41, 5.74) is 1.98. The first-order valence-electron chi connectivity index (χ1n) is 8.45. The number of hydrogen-bond donors (Lipinski definition) is 1. The zero-order chi connectivity index (χ0) is 16.1. The number of hydrogen-bond acceptors (Lipinski definition) is 2. The molecule has 0 aliphatic carbocycles. The maximum atomic E-state index is 6.71. The van der Waals surface area contributed by atoms with Crippen molar-refractivity contribution in [3.8, 4) is 0 Å². The Hall–Kier alpha value is 0.137. The minimum Gasteiger partial charge on any atom is -0.414 e. The van der Waals surface area contributed by atoms with Crippen molar-refractivity contribution < 1.29 is 4.43 Å². The predicted octanol–water partition coefficient (Wildman–Crippen LogP) is 5.20. The fraction of sp³-hybridized carbons (Fsp3) is 1.00. The van der Waals surface area contributed by atoms with Gasteiger partial charge in [0.15, 0.2) is 8.32 Å². The molecule has 2 nitrogen and oxygen atoms in total. The zero-order valence-electron chi connectivity index (χ0n) is 15.6. The Bertz CT molecular complexity index is 240. The highest BCUT2D eigenvalue weighted by molar-refractivity contribution is 6.77. The lowest BCUT2D eigenvalue weighted by molar-refractivity contribution is 0.200. The van der Waals surface area contributed by atoms with Crippen molar-refractivity contribution in [1.82, 2.24) is 5.32 Å². The van der Waals surface area contributed by atoms with Crippen LogP contribution in [-0.4, -0.2) is 27.0 Å². The van der Waals surface area contributed by atoms with Gasteiger partial charge < -0.3 is 9.74 Å². The van der Waals surface area contributed by atoms with Crippen LogP contribution in [-0.2, 0) is 4.43 Å². The lowest BCUT2D eigenvalue weighted by Gasteiger charge is -2.43. The van der Waals surface area contributed by atoms with Gasteiger partial charge in [0.25, 0.3) is 0 Å². The highest BCUT2D eigenvalue weighted by Gasteiger charge is 2.45. The second-order valence-corrected chi connectivity index (χ2v) is 13.3. The summed E-state index contributed by atoms with van der Waals surface area (Å²) in [6.45, 7) is 24.0. The fourth-order valence-electron chi connectivity index (χ4n) is 3.60. The molecule has 20 heavy (non-hydrogen) atoms. The van der Waals surface area contributed by atoms with Gasteiger partial charge >= 0.3 is 0 Å². The first-order chi connectivity index (χ1) is 9.05. The van der Waals surface area contributed by atoms with Crippen molar-refractivity contribution in [2.45, 2.75) is 97.9 Å². The molecule has 0 bridgehead atoms. The standard InChI is InChI=1S/C17H39NOSi/c1-12(2)17(18-13(3)4)11-19-20(14(5)6,15(7)8)16(9)10/h12-18H,11H2,1-10H3/t17-/m1/s1. The molecule has 0 amide bonds. The summed E-state index contributed by atoms with van der Waals surface area (Å²) in [5, 5.41) is 3.67. The maximum Gasteiger partial charge on any atom is 0.200 e. The van der Waals surface area contributed by atoms with Crippen molar-refractivity contribution in [3.63, 3.8) is 0 Å². The smallest absolute Gasteiger partial charge is 0.200 e. The summed E-state index contributed by atoms with van der Waals surface area (Å²) >= 11 is 0. The van der Waals surface area contributed by atoms with Crippen LogP contribution in [0.3, 0.4) is 0 Å². The molecule has 0 aromatic carbocycles. The predicted molar refractivity (Wildman–Crippen MR) is 93.9 cm³/mol. The Morgan fingerprint density at radius 2 is 1.15 bits per heavy atom. The highest BCUT2D eigenvalue weighted by atomic mass is 28.4. The van der Waals surface area contributed by atoms with Gasteiger partial charge in [0.1, 0.15) is 0 Å². The lowest BCUT2D eigenvalue weighted by atomic mass is 10.0. The van der Waals surface area contributed by atoms with E-state index in [9.17, 15) is 0 Å². The van der Waals surface area contributed by atoms with Gasteiger partial charge in [-0.05, 0) is 22.5 Å². The van der Waals surface area contributed by atoms with E-state index >= 15 is 0 Å². The average molecular weight is 302 g/mol. The van der Waals surface area contributed by atoms with Gasteiger partial charge in [-0.15, -0.1) is 0 Å². The van der Waals surface area contributed by atoms with Crippen LogP contribution in [0.25, 0.3) is 0 Å². The van der Waals surface area contributed by atoms with Crippen LogP contribution >= 0.6 is 0 Å². The molecular formula is C17H39NOSi. The van der Waals surface area contributed by atoms with Gasteiger partial charge in [-0.25, -0.2) is 0 Å². The van der Waals surface area contributed by atoms with Crippen molar-refractivity contribution in [1.29, 1.82) is 0 Å². The van der Waals surface area contributed by atoms with Crippen LogP contribution in [0, 0.1) is 5.92 Å². The maximum absolute atomic E-state index is 6.71. The summed E-state index contributed by atoms with van der Waals surface area (Å²) in [6, 6.07) is 0.970.